The third kappa shape index (κ3) is 3.77. The number of ketones is 1. The highest BCUT2D eigenvalue weighted by molar-refractivity contribution is 7.86. The lowest BCUT2D eigenvalue weighted by Crippen LogP contribution is -2.13. The number of nitrogens with one attached hydrogen (secondary N) is 2. The zero-order chi connectivity index (χ0) is 22.3. The van der Waals surface area contributed by atoms with Crippen LogP contribution >= 0.6 is 11.6 Å². The lowest BCUT2D eigenvalue weighted by molar-refractivity contribution is 0.103. The second-order valence-electron chi connectivity index (χ2n) is 6.15. The summed E-state index contributed by atoms with van der Waals surface area (Å²) in [5, 5.41) is -0.0379. The molecule has 0 amide bonds. The lowest BCUT2D eigenvalue weighted by atomic mass is 10.0. The number of hydrogen-bond donors (Lipinski definition) is 2. The molecule has 2 N–H and O–H groups in total. The van der Waals surface area contributed by atoms with E-state index in [1.807, 2.05) is 0 Å². The summed E-state index contributed by atoms with van der Waals surface area (Å²) in [5.74, 6) is -5.51. The van der Waals surface area contributed by atoms with E-state index in [-0.39, 0.29) is 21.7 Å². The van der Waals surface area contributed by atoms with Gasteiger partial charge in [0.1, 0.15) is 34.6 Å². The Kier molecular flexibility index (Phi) is 5.46. The third-order valence-corrected chi connectivity index (χ3v) is 5.69. The predicted octanol–water partition coefficient (Wildman–Crippen LogP) is 4.53. The Balaban J connectivity index is 1.75. The van der Waals surface area contributed by atoms with Gasteiger partial charge in [0.2, 0.25) is 5.78 Å². The number of carbonyl (C=O) groups excluding carboxylic acids is 1. The van der Waals surface area contributed by atoms with Crippen molar-refractivity contribution in [2.75, 3.05) is 4.72 Å². The van der Waals surface area contributed by atoms with Crippen molar-refractivity contribution < 1.29 is 26.6 Å². The van der Waals surface area contributed by atoms with Crippen LogP contribution in [0.4, 0.5) is 23.2 Å². The van der Waals surface area contributed by atoms with Crippen LogP contribution < -0.4 is 4.72 Å². The van der Waals surface area contributed by atoms with Crippen LogP contribution in [0.1, 0.15) is 15.9 Å². The summed E-state index contributed by atoms with van der Waals surface area (Å²) in [7, 11) is -2.44. The Bertz CT molecular complexity index is 1380. The van der Waals surface area contributed by atoms with E-state index >= 15 is 4.39 Å². The maximum atomic E-state index is 15.0. The molecule has 158 valence electrons. The summed E-state index contributed by atoms with van der Waals surface area (Å²) in [5.41, 5.74) is -1.54. The first-order valence-electron chi connectivity index (χ1n) is 8.41. The predicted molar refractivity (Wildman–Crippen MR) is 105 cm³/mol. The van der Waals surface area contributed by atoms with E-state index in [1.54, 1.807) is 0 Å². The highest BCUT2D eigenvalue weighted by atomic mass is 35.5. The molecular weight excluding hydrogens is 460 g/mol. The van der Waals surface area contributed by atoms with Gasteiger partial charge in [-0.25, -0.2) is 31.7 Å². The molecule has 2 aromatic heterocycles. The maximum Gasteiger partial charge on any atom is 0.201 e. The van der Waals surface area contributed by atoms with Crippen LogP contribution in [0.2, 0.25) is 5.15 Å². The Morgan fingerprint density at radius 2 is 1.81 bits per heavy atom. The summed E-state index contributed by atoms with van der Waals surface area (Å²) < 4.78 is 71.1. The van der Waals surface area contributed by atoms with Crippen molar-refractivity contribution in [1.29, 1.82) is 0 Å². The smallest absolute Gasteiger partial charge is 0.201 e. The molecule has 0 aliphatic heterocycles. The van der Waals surface area contributed by atoms with Gasteiger partial charge in [-0.15, -0.1) is 0 Å². The molecular formula is C19H9ClF4N4O2S. The van der Waals surface area contributed by atoms with Gasteiger partial charge >= 0.3 is 0 Å². The minimum atomic E-state index is -2.44. The maximum absolute atomic E-state index is 15.0. The van der Waals surface area contributed by atoms with Crippen LogP contribution in [0.25, 0.3) is 11.0 Å². The molecule has 1 unspecified atom stereocenters. The SMILES string of the molecule is O=C(c1c(F)ccc(NS(=O)c2cc(F)ccc2F)c1F)c1c[nH]c2ncnc(Cl)c12. The molecule has 0 fully saturated rings. The van der Waals surface area contributed by atoms with Crippen LogP contribution in [-0.4, -0.2) is 24.9 Å². The normalized spacial score (nSPS) is 12.2. The average molecular weight is 469 g/mol. The number of H-pyrrole nitrogens is 1. The summed E-state index contributed by atoms with van der Waals surface area (Å²) in [6.07, 6.45) is 2.31. The molecule has 0 radical (unpaired) electrons. The number of hydrogen-bond acceptors (Lipinski definition) is 4. The van der Waals surface area contributed by atoms with E-state index in [9.17, 15) is 22.2 Å². The van der Waals surface area contributed by atoms with Gasteiger partial charge in [-0.2, -0.15) is 0 Å². The van der Waals surface area contributed by atoms with Gasteiger partial charge in [0.25, 0.3) is 0 Å². The van der Waals surface area contributed by atoms with Crippen LogP contribution in [0.3, 0.4) is 0 Å². The number of rotatable bonds is 5. The first-order chi connectivity index (χ1) is 14.8. The minimum Gasteiger partial charge on any atom is -0.345 e. The standard InChI is InChI=1S/C19H9ClF4N4O2S/c20-18-14-9(6-25-19(14)27-7-26-18)17(29)15-11(23)3-4-12(16(15)24)28-31(30)13-5-8(21)1-2-10(13)22/h1-7,28H,(H,25,26,27). The van der Waals surface area contributed by atoms with Gasteiger partial charge in [0, 0.05) is 6.20 Å². The molecule has 6 nitrogen and oxygen atoms in total. The van der Waals surface area contributed by atoms with Gasteiger partial charge < -0.3 is 4.98 Å². The number of nitrogens with zero attached hydrogens (tertiary/aromatic N) is 2. The molecule has 4 aromatic rings. The van der Waals surface area contributed by atoms with E-state index in [0.29, 0.717) is 6.07 Å². The molecule has 31 heavy (non-hydrogen) atoms. The van der Waals surface area contributed by atoms with Gasteiger partial charge in [0.05, 0.1) is 27.1 Å². The number of benzene rings is 2. The second-order valence-corrected chi connectivity index (χ2v) is 7.69. The molecule has 0 spiro atoms. The van der Waals surface area contributed by atoms with E-state index in [1.165, 1.54) is 6.20 Å². The van der Waals surface area contributed by atoms with Gasteiger partial charge in [-0.3, -0.25) is 9.52 Å². The van der Waals surface area contributed by atoms with Crippen molar-refractivity contribution in [3.8, 4) is 0 Å². The molecule has 0 saturated carbocycles. The number of aromatic amines is 1. The molecule has 0 bridgehead atoms. The number of fused-ring (bicyclic) bond motifs is 1. The molecule has 0 aliphatic carbocycles. The largest absolute Gasteiger partial charge is 0.345 e. The topological polar surface area (TPSA) is 87.7 Å². The fraction of sp³-hybridized carbons (Fsp3) is 0. The summed E-state index contributed by atoms with van der Waals surface area (Å²) in [4.78, 5) is 22.6. The fourth-order valence-corrected chi connectivity index (χ4v) is 4.02. The van der Waals surface area contributed by atoms with Crippen molar-refractivity contribution in [3.05, 3.63) is 82.4 Å². The zero-order valence-corrected chi connectivity index (χ0v) is 16.6. The van der Waals surface area contributed by atoms with Crippen molar-refractivity contribution in [2.45, 2.75) is 4.90 Å². The van der Waals surface area contributed by atoms with E-state index in [0.717, 1.165) is 30.6 Å². The van der Waals surface area contributed by atoms with Crippen LogP contribution in [0, 0.1) is 23.3 Å². The Hall–Kier alpha value is -3.31. The second kappa shape index (κ2) is 8.08. The van der Waals surface area contributed by atoms with E-state index in [4.69, 9.17) is 11.6 Å². The highest BCUT2D eigenvalue weighted by Crippen LogP contribution is 2.30. The van der Waals surface area contributed by atoms with Gasteiger partial charge in [-0.05, 0) is 30.3 Å². The number of halogens is 5. The first-order valence-corrected chi connectivity index (χ1v) is 9.94. The van der Waals surface area contributed by atoms with Gasteiger partial charge in [0.15, 0.2) is 16.8 Å². The quantitative estimate of drug-likeness (QED) is 0.256. The molecule has 0 aliphatic rings. The van der Waals surface area contributed by atoms with Crippen molar-refractivity contribution in [1.82, 2.24) is 15.0 Å². The molecule has 12 heteroatoms. The van der Waals surface area contributed by atoms with Crippen LogP contribution in [0.15, 0.2) is 47.8 Å². The Morgan fingerprint density at radius 3 is 2.58 bits per heavy atom. The molecule has 2 heterocycles. The van der Waals surface area contributed by atoms with Crippen molar-refractivity contribution >= 4 is 45.1 Å². The third-order valence-electron chi connectivity index (χ3n) is 4.28. The first kappa shape index (κ1) is 20.9. The van der Waals surface area contributed by atoms with E-state index in [2.05, 4.69) is 19.7 Å². The summed E-state index contributed by atoms with van der Waals surface area (Å²) in [6, 6.07) is 3.89. The minimum absolute atomic E-state index is 0.0664. The number of aromatic nitrogens is 3. The summed E-state index contributed by atoms with van der Waals surface area (Å²) in [6.45, 7) is 0. The number of anilines is 1. The Morgan fingerprint density at radius 1 is 1.06 bits per heavy atom. The zero-order valence-electron chi connectivity index (χ0n) is 15.1. The molecule has 1 atom stereocenters. The Labute approximate surface area is 178 Å². The number of carbonyl (C=O) groups is 1. The average Bonchev–Trinajstić information content (AvgIpc) is 3.17. The monoisotopic (exact) mass is 468 g/mol. The molecule has 2 aromatic carbocycles. The van der Waals surface area contributed by atoms with Gasteiger partial charge in [-0.1, -0.05) is 11.6 Å². The fourth-order valence-electron chi connectivity index (χ4n) is 2.85. The highest BCUT2D eigenvalue weighted by Gasteiger charge is 2.26. The van der Waals surface area contributed by atoms with Crippen molar-refractivity contribution in [2.24, 2.45) is 0 Å². The van der Waals surface area contributed by atoms with Crippen LogP contribution in [0.5, 0.6) is 0 Å². The van der Waals surface area contributed by atoms with Crippen LogP contribution in [-0.2, 0) is 11.0 Å². The van der Waals surface area contributed by atoms with E-state index < -0.39 is 56.2 Å². The molecule has 0 saturated heterocycles. The lowest BCUT2D eigenvalue weighted by Gasteiger charge is -2.11. The van der Waals surface area contributed by atoms with Crippen molar-refractivity contribution in [3.63, 3.8) is 0 Å². The summed E-state index contributed by atoms with van der Waals surface area (Å²) >= 11 is 5.98. The molecule has 4 rings (SSSR count).